The van der Waals surface area contributed by atoms with Crippen LogP contribution in [0.2, 0.25) is 0 Å². The molecule has 0 spiro atoms. The zero-order valence-corrected chi connectivity index (χ0v) is 9.19. The number of anilines is 1. The molecule has 0 amide bonds. The maximum absolute atomic E-state index is 9.75. The van der Waals surface area contributed by atoms with Crippen LogP contribution in [0.15, 0.2) is 12.3 Å². The number of nitrogen functional groups attached to an aromatic ring is 1. The molecular weight excluding hydrogens is 216 g/mol. The molecule has 5 nitrogen and oxygen atoms in total. The van der Waals surface area contributed by atoms with Crippen LogP contribution in [0.4, 0.5) is 5.69 Å². The number of nitrogens with two attached hydrogens (primary N) is 1. The Morgan fingerprint density at radius 3 is 2.80 bits per heavy atom. The number of hydrogen-bond donors (Lipinski definition) is 4. The van der Waals surface area contributed by atoms with E-state index in [9.17, 15) is 10.2 Å². The van der Waals surface area contributed by atoms with E-state index in [-0.39, 0.29) is 11.6 Å². The first-order chi connectivity index (χ1) is 7.10. The van der Waals surface area contributed by atoms with Crippen LogP contribution in [0.3, 0.4) is 0 Å². The molecular formula is C9H14N2O3S. The summed E-state index contributed by atoms with van der Waals surface area (Å²) in [4.78, 5) is 3.89. The van der Waals surface area contributed by atoms with Crippen molar-refractivity contribution in [3.63, 3.8) is 0 Å². The molecule has 0 aliphatic rings. The van der Waals surface area contributed by atoms with Crippen LogP contribution in [0.1, 0.15) is 11.7 Å². The molecule has 1 aromatic heterocycles. The van der Waals surface area contributed by atoms with E-state index in [1.54, 1.807) is 0 Å². The number of hydrogen-bond acceptors (Lipinski definition) is 6. The lowest BCUT2D eigenvalue weighted by molar-refractivity contribution is 0.0319. The molecule has 6 heteroatoms. The lowest BCUT2D eigenvalue weighted by Crippen LogP contribution is -2.20. The number of thiol groups is 1. The summed E-state index contributed by atoms with van der Waals surface area (Å²) in [5, 5.41) is 19.2. The van der Waals surface area contributed by atoms with Gasteiger partial charge in [-0.1, -0.05) is 0 Å². The van der Waals surface area contributed by atoms with Crippen LogP contribution in [-0.4, -0.2) is 34.2 Å². The zero-order chi connectivity index (χ0) is 11.4. The smallest absolute Gasteiger partial charge is 0.219 e. The van der Waals surface area contributed by atoms with Gasteiger partial charge in [-0.15, -0.1) is 0 Å². The van der Waals surface area contributed by atoms with E-state index in [2.05, 4.69) is 17.6 Å². The molecule has 1 aromatic rings. The fourth-order valence-corrected chi connectivity index (χ4v) is 1.38. The van der Waals surface area contributed by atoms with Crippen LogP contribution in [0.25, 0.3) is 0 Å². The first kappa shape index (κ1) is 12.1. The highest BCUT2D eigenvalue weighted by molar-refractivity contribution is 7.80. The molecule has 2 atom stereocenters. The highest BCUT2D eigenvalue weighted by atomic mass is 32.1. The number of methoxy groups -OCH3 is 1. The Morgan fingerprint density at radius 2 is 2.27 bits per heavy atom. The van der Waals surface area contributed by atoms with Crippen LogP contribution in [0.5, 0.6) is 5.88 Å². The van der Waals surface area contributed by atoms with Crippen molar-refractivity contribution in [3.8, 4) is 5.88 Å². The second-order valence-corrected chi connectivity index (χ2v) is 3.43. The van der Waals surface area contributed by atoms with Gasteiger partial charge in [-0.25, -0.2) is 4.98 Å². The average molecular weight is 230 g/mol. The summed E-state index contributed by atoms with van der Waals surface area (Å²) in [5.74, 6) is 0.386. The maximum atomic E-state index is 9.75. The Morgan fingerprint density at radius 1 is 1.60 bits per heavy atom. The first-order valence-corrected chi connectivity index (χ1v) is 4.99. The van der Waals surface area contributed by atoms with Crippen molar-refractivity contribution in [1.29, 1.82) is 0 Å². The van der Waals surface area contributed by atoms with E-state index in [0.29, 0.717) is 11.3 Å². The predicted molar refractivity (Wildman–Crippen MR) is 60.0 cm³/mol. The van der Waals surface area contributed by atoms with Gasteiger partial charge in [0.05, 0.1) is 25.1 Å². The van der Waals surface area contributed by atoms with E-state index >= 15 is 0 Å². The van der Waals surface area contributed by atoms with Gasteiger partial charge in [0.2, 0.25) is 5.88 Å². The number of aromatic nitrogens is 1. The summed E-state index contributed by atoms with van der Waals surface area (Å²) in [5.41, 5.74) is 6.29. The molecule has 0 saturated carbocycles. The fourth-order valence-electron chi connectivity index (χ4n) is 1.18. The average Bonchev–Trinajstić information content (AvgIpc) is 2.27. The lowest BCUT2D eigenvalue weighted by atomic mass is 10.1. The largest absolute Gasteiger partial charge is 0.481 e. The van der Waals surface area contributed by atoms with Gasteiger partial charge in [-0.05, 0) is 6.07 Å². The van der Waals surface area contributed by atoms with Gasteiger partial charge in [-0.3, -0.25) is 0 Å². The van der Waals surface area contributed by atoms with Crippen molar-refractivity contribution in [2.75, 3.05) is 18.6 Å². The van der Waals surface area contributed by atoms with Crippen molar-refractivity contribution < 1.29 is 14.9 Å². The SMILES string of the molecule is COc1ncc(N)cc1C(O)C(O)CS. The minimum Gasteiger partial charge on any atom is -0.481 e. The molecule has 0 aliphatic heterocycles. The van der Waals surface area contributed by atoms with Crippen molar-refractivity contribution >= 4 is 18.3 Å². The Balaban J connectivity index is 3.05. The van der Waals surface area contributed by atoms with Crippen molar-refractivity contribution in [3.05, 3.63) is 17.8 Å². The molecule has 1 heterocycles. The van der Waals surface area contributed by atoms with Crippen LogP contribution >= 0.6 is 12.6 Å². The van der Waals surface area contributed by atoms with Crippen molar-refractivity contribution in [1.82, 2.24) is 4.98 Å². The van der Waals surface area contributed by atoms with Gasteiger partial charge in [0, 0.05) is 11.3 Å². The summed E-state index contributed by atoms with van der Waals surface area (Å²) in [7, 11) is 1.43. The minimum absolute atomic E-state index is 0.138. The summed E-state index contributed by atoms with van der Waals surface area (Å²) in [6.07, 6.45) is -0.665. The Kier molecular flexibility index (Phi) is 4.19. The van der Waals surface area contributed by atoms with E-state index in [1.807, 2.05) is 0 Å². The molecule has 0 aliphatic carbocycles. The molecule has 15 heavy (non-hydrogen) atoms. The van der Waals surface area contributed by atoms with Gasteiger partial charge in [0.25, 0.3) is 0 Å². The third-order valence-corrected chi connectivity index (χ3v) is 2.34. The lowest BCUT2D eigenvalue weighted by Gasteiger charge is -2.18. The van der Waals surface area contributed by atoms with Gasteiger partial charge < -0.3 is 20.7 Å². The first-order valence-electron chi connectivity index (χ1n) is 4.36. The number of ether oxygens (including phenoxy) is 1. The summed E-state index contributed by atoms with van der Waals surface area (Å²) in [6, 6.07) is 1.52. The van der Waals surface area contributed by atoms with E-state index in [4.69, 9.17) is 10.5 Å². The zero-order valence-electron chi connectivity index (χ0n) is 8.29. The number of pyridine rings is 1. The molecule has 0 aromatic carbocycles. The van der Waals surface area contributed by atoms with Crippen LogP contribution < -0.4 is 10.5 Å². The maximum Gasteiger partial charge on any atom is 0.219 e. The van der Waals surface area contributed by atoms with Gasteiger partial charge in [0.15, 0.2) is 0 Å². The number of aliphatic hydroxyl groups is 2. The van der Waals surface area contributed by atoms with Gasteiger partial charge in [-0.2, -0.15) is 12.6 Å². The molecule has 4 N–H and O–H groups in total. The summed E-state index contributed by atoms with van der Waals surface area (Å²) in [6.45, 7) is 0. The van der Waals surface area contributed by atoms with E-state index in [1.165, 1.54) is 19.4 Å². The molecule has 84 valence electrons. The molecule has 0 saturated heterocycles. The third-order valence-electron chi connectivity index (χ3n) is 1.96. The van der Waals surface area contributed by atoms with Crippen molar-refractivity contribution in [2.45, 2.75) is 12.2 Å². The van der Waals surface area contributed by atoms with E-state index < -0.39 is 12.2 Å². The standard InChI is InChI=1S/C9H14N2O3S/c1-14-9-6(2-5(10)3-11-9)8(13)7(12)4-15/h2-3,7-8,12-13,15H,4,10H2,1H3. The second-order valence-electron chi connectivity index (χ2n) is 3.06. The normalized spacial score (nSPS) is 14.7. The molecule has 0 radical (unpaired) electrons. The molecule has 2 unspecified atom stereocenters. The number of aliphatic hydroxyl groups excluding tert-OH is 2. The topological polar surface area (TPSA) is 88.6 Å². The van der Waals surface area contributed by atoms with Crippen LogP contribution in [-0.2, 0) is 0 Å². The number of rotatable bonds is 4. The van der Waals surface area contributed by atoms with Gasteiger partial charge >= 0.3 is 0 Å². The fraction of sp³-hybridized carbons (Fsp3) is 0.444. The van der Waals surface area contributed by atoms with E-state index in [0.717, 1.165) is 0 Å². The summed E-state index contributed by atoms with van der Waals surface area (Å²) < 4.78 is 4.95. The Hall–Kier alpha value is -0.980. The minimum atomic E-state index is -1.10. The summed E-state index contributed by atoms with van der Waals surface area (Å²) >= 11 is 3.89. The molecule has 0 bridgehead atoms. The number of nitrogens with zero attached hydrogens (tertiary/aromatic N) is 1. The molecule has 1 rings (SSSR count). The van der Waals surface area contributed by atoms with Crippen molar-refractivity contribution in [2.24, 2.45) is 0 Å². The monoisotopic (exact) mass is 230 g/mol. The highest BCUT2D eigenvalue weighted by Gasteiger charge is 2.21. The predicted octanol–water partition coefficient (Wildman–Crippen LogP) is -0.00350. The molecule has 0 fully saturated rings. The van der Waals surface area contributed by atoms with Crippen LogP contribution in [0, 0.1) is 0 Å². The Bertz CT molecular complexity index is 335. The third kappa shape index (κ3) is 2.74. The quantitative estimate of drug-likeness (QED) is 0.547. The second kappa shape index (κ2) is 5.20. The highest BCUT2D eigenvalue weighted by Crippen LogP contribution is 2.27. The van der Waals surface area contributed by atoms with Gasteiger partial charge in [0.1, 0.15) is 6.10 Å². The Labute approximate surface area is 93.3 Å².